The Bertz CT molecular complexity index is 380. The van der Waals surface area contributed by atoms with E-state index in [1.54, 1.807) is 0 Å². The molecule has 0 aliphatic heterocycles. The Morgan fingerprint density at radius 3 is 2.88 bits per heavy atom. The molecule has 0 bridgehead atoms. The molecule has 1 aromatic carbocycles. The SMILES string of the molecule is CC(CNC1CC1)NCc1ccc(Cl)c(Br)c1. The van der Waals surface area contributed by atoms with Gasteiger partial charge in [0, 0.05) is 29.6 Å². The molecule has 1 aliphatic carbocycles. The van der Waals surface area contributed by atoms with E-state index in [1.807, 2.05) is 6.07 Å². The maximum absolute atomic E-state index is 5.96. The van der Waals surface area contributed by atoms with E-state index in [0.717, 1.165) is 28.6 Å². The molecule has 94 valence electrons. The summed E-state index contributed by atoms with van der Waals surface area (Å²) in [4.78, 5) is 0. The van der Waals surface area contributed by atoms with Gasteiger partial charge >= 0.3 is 0 Å². The van der Waals surface area contributed by atoms with Crippen LogP contribution < -0.4 is 10.6 Å². The van der Waals surface area contributed by atoms with Crippen LogP contribution in [0.1, 0.15) is 25.3 Å². The first-order valence-electron chi connectivity index (χ1n) is 6.06. The van der Waals surface area contributed by atoms with E-state index in [2.05, 4.69) is 45.6 Å². The van der Waals surface area contributed by atoms with Crippen molar-refractivity contribution >= 4 is 27.5 Å². The molecule has 0 heterocycles. The Kier molecular flexibility index (Phi) is 4.86. The van der Waals surface area contributed by atoms with Crippen molar-refractivity contribution in [2.75, 3.05) is 6.54 Å². The highest BCUT2D eigenvalue weighted by atomic mass is 79.9. The summed E-state index contributed by atoms with van der Waals surface area (Å²) in [5.74, 6) is 0. The highest BCUT2D eigenvalue weighted by Crippen LogP contribution is 2.23. The molecule has 2 rings (SSSR count). The van der Waals surface area contributed by atoms with Crippen molar-refractivity contribution in [2.24, 2.45) is 0 Å². The summed E-state index contributed by atoms with van der Waals surface area (Å²) < 4.78 is 0.960. The summed E-state index contributed by atoms with van der Waals surface area (Å²) in [5.41, 5.74) is 1.25. The van der Waals surface area contributed by atoms with Crippen LogP contribution >= 0.6 is 27.5 Å². The van der Waals surface area contributed by atoms with Crippen molar-refractivity contribution < 1.29 is 0 Å². The zero-order valence-electron chi connectivity index (χ0n) is 9.97. The summed E-state index contributed by atoms with van der Waals surface area (Å²) in [6, 6.07) is 7.32. The van der Waals surface area contributed by atoms with E-state index in [-0.39, 0.29) is 0 Å². The molecule has 2 N–H and O–H groups in total. The largest absolute Gasteiger partial charge is 0.312 e. The lowest BCUT2D eigenvalue weighted by molar-refractivity contribution is 0.500. The molecule has 0 spiro atoms. The van der Waals surface area contributed by atoms with Crippen molar-refractivity contribution in [3.8, 4) is 0 Å². The van der Waals surface area contributed by atoms with E-state index in [4.69, 9.17) is 11.6 Å². The second kappa shape index (κ2) is 6.19. The van der Waals surface area contributed by atoms with E-state index in [9.17, 15) is 0 Å². The lowest BCUT2D eigenvalue weighted by Gasteiger charge is -2.14. The van der Waals surface area contributed by atoms with Gasteiger partial charge in [0.25, 0.3) is 0 Å². The van der Waals surface area contributed by atoms with E-state index in [1.165, 1.54) is 18.4 Å². The Hall–Kier alpha value is -0.0900. The molecule has 0 aromatic heterocycles. The molecule has 2 nitrogen and oxygen atoms in total. The Morgan fingerprint density at radius 1 is 1.47 bits per heavy atom. The highest BCUT2D eigenvalue weighted by Gasteiger charge is 2.20. The van der Waals surface area contributed by atoms with Gasteiger partial charge in [0.2, 0.25) is 0 Å². The van der Waals surface area contributed by atoms with Crippen LogP contribution in [-0.2, 0) is 6.54 Å². The summed E-state index contributed by atoms with van der Waals surface area (Å²) in [5, 5.41) is 7.78. The summed E-state index contributed by atoms with van der Waals surface area (Å²) in [6.07, 6.45) is 2.69. The van der Waals surface area contributed by atoms with Gasteiger partial charge < -0.3 is 10.6 Å². The fourth-order valence-electron chi connectivity index (χ4n) is 1.64. The van der Waals surface area contributed by atoms with Crippen molar-refractivity contribution in [2.45, 2.75) is 38.4 Å². The average molecular weight is 318 g/mol. The zero-order valence-corrected chi connectivity index (χ0v) is 12.3. The molecule has 1 fully saturated rings. The van der Waals surface area contributed by atoms with Crippen molar-refractivity contribution in [3.63, 3.8) is 0 Å². The van der Waals surface area contributed by atoms with Gasteiger partial charge in [-0.1, -0.05) is 17.7 Å². The van der Waals surface area contributed by atoms with Crippen LogP contribution in [0, 0.1) is 0 Å². The molecule has 1 aromatic rings. The Labute approximate surface area is 116 Å². The third kappa shape index (κ3) is 4.59. The molecule has 4 heteroatoms. The number of hydrogen-bond donors (Lipinski definition) is 2. The normalized spacial score (nSPS) is 17.1. The third-order valence-electron chi connectivity index (χ3n) is 2.93. The molecule has 0 amide bonds. The van der Waals surface area contributed by atoms with Crippen LogP contribution in [0.4, 0.5) is 0 Å². The zero-order chi connectivity index (χ0) is 12.3. The van der Waals surface area contributed by atoms with Gasteiger partial charge in [0.05, 0.1) is 5.02 Å². The first-order valence-corrected chi connectivity index (χ1v) is 7.23. The second-order valence-corrected chi connectivity index (χ2v) is 5.97. The number of hydrogen-bond acceptors (Lipinski definition) is 2. The fraction of sp³-hybridized carbons (Fsp3) is 0.538. The van der Waals surface area contributed by atoms with Gasteiger partial charge in [-0.25, -0.2) is 0 Å². The molecule has 1 atom stereocenters. The summed E-state index contributed by atoms with van der Waals surface area (Å²) >= 11 is 9.40. The van der Waals surface area contributed by atoms with E-state index < -0.39 is 0 Å². The van der Waals surface area contributed by atoms with Gasteiger partial charge in [0.1, 0.15) is 0 Å². The smallest absolute Gasteiger partial charge is 0.0548 e. The summed E-state index contributed by atoms with van der Waals surface area (Å²) in [7, 11) is 0. The van der Waals surface area contributed by atoms with Crippen molar-refractivity contribution in [1.29, 1.82) is 0 Å². The quantitative estimate of drug-likeness (QED) is 0.841. The van der Waals surface area contributed by atoms with E-state index in [0.29, 0.717) is 6.04 Å². The van der Waals surface area contributed by atoms with Crippen LogP contribution in [0.25, 0.3) is 0 Å². The van der Waals surface area contributed by atoms with Gasteiger partial charge in [0.15, 0.2) is 0 Å². The van der Waals surface area contributed by atoms with Crippen LogP contribution in [0.3, 0.4) is 0 Å². The summed E-state index contributed by atoms with van der Waals surface area (Å²) in [6.45, 7) is 4.13. The number of benzene rings is 1. The standard InChI is InChI=1S/C13H18BrClN2/c1-9(7-17-11-3-4-11)16-8-10-2-5-13(15)12(14)6-10/h2,5-6,9,11,16-17H,3-4,7-8H2,1H3. The molecule has 17 heavy (non-hydrogen) atoms. The maximum atomic E-state index is 5.96. The van der Waals surface area contributed by atoms with Crippen LogP contribution in [-0.4, -0.2) is 18.6 Å². The minimum atomic E-state index is 0.491. The molecule has 0 saturated heterocycles. The first kappa shape index (κ1) is 13.3. The minimum Gasteiger partial charge on any atom is -0.312 e. The first-order chi connectivity index (χ1) is 8.15. The molecule has 1 saturated carbocycles. The van der Waals surface area contributed by atoms with Crippen molar-refractivity contribution in [3.05, 3.63) is 33.3 Å². The monoisotopic (exact) mass is 316 g/mol. The van der Waals surface area contributed by atoms with Gasteiger partial charge in [-0.2, -0.15) is 0 Å². The molecule has 1 aliphatic rings. The Morgan fingerprint density at radius 2 is 2.24 bits per heavy atom. The van der Waals surface area contributed by atoms with Crippen LogP contribution in [0.5, 0.6) is 0 Å². The van der Waals surface area contributed by atoms with Crippen LogP contribution in [0.2, 0.25) is 5.02 Å². The highest BCUT2D eigenvalue weighted by molar-refractivity contribution is 9.10. The third-order valence-corrected chi connectivity index (χ3v) is 4.14. The number of halogens is 2. The van der Waals surface area contributed by atoms with Crippen molar-refractivity contribution in [1.82, 2.24) is 10.6 Å². The molecular weight excluding hydrogens is 300 g/mol. The number of nitrogens with one attached hydrogen (secondary N) is 2. The molecular formula is C13H18BrClN2. The lowest BCUT2D eigenvalue weighted by Crippen LogP contribution is -2.36. The van der Waals surface area contributed by atoms with Crippen LogP contribution in [0.15, 0.2) is 22.7 Å². The maximum Gasteiger partial charge on any atom is 0.0548 e. The topological polar surface area (TPSA) is 24.1 Å². The lowest BCUT2D eigenvalue weighted by atomic mass is 10.2. The predicted molar refractivity (Wildman–Crippen MR) is 76.5 cm³/mol. The van der Waals surface area contributed by atoms with Gasteiger partial charge in [-0.05, 0) is 53.4 Å². The number of rotatable bonds is 6. The average Bonchev–Trinajstić information content (AvgIpc) is 3.12. The van der Waals surface area contributed by atoms with Gasteiger partial charge in [-0.3, -0.25) is 0 Å². The van der Waals surface area contributed by atoms with Gasteiger partial charge in [-0.15, -0.1) is 0 Å². The fourth-order valence-corrected chi connectivity index (χ4v) is 2.19. The molecule has 0 radical (unpaired) electrons. The van der Waals surface area contributed by atoms with E-state index >= 15 is 0 Å². The second-order valence-electron chi connectivity index (χ2n) is 4.71. The minimum absolute atomic E-state index is 0.491. The molecule has 1 unspecified atom stereocenters. The predicted octanol–water partition coefficient (Wildman–Crippen LogP) is 3.33. The Balaban J connectivity index is 1.73.